The Kier molecular flexibility index (Phi) is 5.06. The number of nitrogens with zero attached hydrogens (tertiary/aromatic N) is 6. The van der Waals surface area contributed by atoms with Crippen LogP contribution in [-0.2, 0) is 4.74 Å². The van der Waals surface area contributed by atoms with Crippen LogP contribution in [0, 0.1) is 0 Å². The average molecular weight is 432 g/mol. The lowest BCUT2D eigenvalue weighted by molar-refractivity contribution is -0.131. The summed E-state index contributed by atoms with van der Waals surface area (Å²) in [6.45, 7) is 8.18. The SMILES string of the molecule is CNCOn1cc(-n2ncc3cc(Cl)c(N4CCN(C5(C)COC5)CC4)cc32)cn1. The molecule has 1 aromatic carbocycles. The maximum atomic E-state index is 6.66. The molecule has 160 valence electrons. The van der Waals surface area contributed by atoms with Crippen LogP contribution in [0.15, 0.2) is 30.7 Å². The van der Waals surface area contributed by atoms with Crippen LogP contribution in [0.2, 0.25) is 5.02 Å². The number of halogens is 1. The number of hydrogen-bond acceptors (Lipinski definition) is 7. The largest absolute Gasteiger partial charge is 0.381 e. The van der Waals surface area contributed by atoms with Gasteiger partial charge in [0.1, 0.15) is 5.69 Å². The van der Waals surface area contributed by atoms with Crippen LogP contribution in [0.4, 0.5) is 5.69 Å². The van der Waals surface area contributed by atoms with E-state index in [2.05, 4.69) is 38.3 Å². The first-order valence-electron chi connectivity index (χ1n) is 10.2. The van der Waals surface area contributed by atoms with E-state index in [0.29, 0.717) is 6.73 Å². The summed E-state index contributed by atoms with van der Waals surface area (Å²) in [7, 11) is 1.82. The summed E-state index contributed by atoms with van der Waals surface area (Å²) in [4.78, 5) is 11.8. The molecule has 9 nitrogen and oxygen atoms in total. The molecule has 0 amide bonds. The van der Waals surface area contributed by atoms with Gasteiger partial charge in [-0.25, -0.2) is 4.68 Å². The summed E-state index contributed by atoms with van der Waals surface area (Å²) in [6.07, 6.45) is 5.36. The van der Waals surface area contributed by atoms with Gasteiger partial charge in [-0.05, 0) is 26.1 Å². The van der Waals surface area contributed by atoms with Gasteiger partial charge in [0, 0.05) is 31.6 Å². The Hall–Kier alpha value is -2.33. The van der Waals surface area contributed by atoms with Gasteiger partial charge in [-0.3, -0.25) is 10.2 Å². The summed E-state index contributed by atoms with van der Waals surface area (Å²) in [5.41, 5.74) is 3.05. The van der Waals surface area contributed by atoms with E-state index in [1.807, 2.05) is 24.0 Å². The standard InChI is InChI=1S/C20H26ClN7O2/c1-20(12-29-13-20)26-5-3-25(4-6-26)19-8-18-15(7-17(19)21)9-24-28(18)16-10-23-27(11-16)30-14-22-2/h7-11,22H,3-6,12-14H2,1-2H3. The minimum absolute atomic E-state index is 0.188. The lowest BCUT2D eigenvalue weighted by Crippen LogP contribution is -2.64. The fourth-order valence-electron chi connectivity index (χ4n) is 4.16. The van der Waals surface area contributed by atoms with Crippen molar-refractivity contribution in [3.63, 3.8) is 0 Å². The van der Waals surface area contributed by atoms with Crippen LogP contribution in [0.3, 0.4) is 0 Å². The highest BCUT2D eigenvalue weighted by molar-refractivity contribution is 6.34. The van der Waals surface area contributed by atoms with Crippen molar-refractivity contribution in [1.29, 1.82) is 0 Å². The number of benzene rings is 1. The van der Waals surface area contributed by atoms with E-state index in [4.69, 9.17) is 21.2 Å². The molecule has 5 rings (SSSR count). The van der Waals surface area contributed by atoms with E-state index in [1.165, 1.54) is 4.85 Å². The maximum Gasteiger partial charge on any atom is 0.168 e. The minimum Gasteiger partial charge on any atom is -0.381 e. The van der Waals surface area contributed by atoms with E-state index in [-0.39, 0.29) is 5.54 Å². The lowest BCUT2D eigenvalue weighted by atomic mass is 9.97. The molecule has 0 unspecified atom stereocenters. The topological polar surface area (TPSA) is 72.6 Å². The van der Waals surface area contributed by atoms with Gasteiger partial charge < -0.3 is 14.5 Å². The fraction of sp³-hybridized carbons (Fsp3) is 0.500. The fourth-order valence-corrected chi connectivity index (χ4v) is 4.45. The third-order valence-electron chi connectivity index (χ3n) is 5.98. The maximum absolute atomic E-state index is 6.66. The Morgan fingerprint density at radius 3 is 2.67 bits per heavy atom. The molecule has 0 bridgehead atoms. The zero-order valence-electron chi connectivity index (χ0n) is 17.2. The molecule has 2 aliphatic heterocycles. The van der Waals surface area contributed by atoms with Crippen molar-refractivity contribution in [1.82, 2.24) is 29.9 Å². The van der Waals surface area contributed by atoms with Crippen molar-refractivity contribution in [3.8, 4) is 5.69 Å². The molecule has 1 N–H and O–H groups in total. The molecule has 2 aromatic heterocycles. The molecule has 2 saturated heterocycles. The van der Waals surface area contributed by atoms with E-state index in [9.17, 15) is 0 Å². The Morgan fingerprint density at radius 1 is 1.17 bits per heavy atom. The van der Waals surface area contributed by atoms with Crippen molar-refractivity contribution >= 4 is 28.2 Å². The molecule has 0 saturated carbocycles. The molecule has 2 aliphatic rings. The van der Waals surface area contributed by atoms with Gasteiger partial charge in [0.05, 0.1) is 53.6 Å². The Bertz CT molecular complexity index is 1040. The van der Waals surface area contributed by atoms with Crippen molar-refractivity contribution in [2.24, 2.45) is 0 Å². The number of ether oxygens (including phenoxy) is 1. The second-order valence-electron chi connectivity index (χ2n) is 8.11. The van der Waals surface area contributed by atoms with Crippen LogP contribution in [0.25, 0.3) is 16.6 Å². The Morgan fingerprint density at radius 2 is 1.97 bits per heavy atom. The van der Waals surface area contributed by atoms with Gasteiger partial charge in [0.15, 0.2) is 6.73 Å². The van der Waals surface area contributed by atoms with Crippen molar-refractivity contribution < 1.29 is 9.57 Å². The second-order valence-corrected chi connectivity index (χ2v) is 8.52. The predicted molar refractivity (Wildman–Crippen MR) is 115 cm³/mol. The highest BCUT2D eigenvalue weighted by atomic mass is 35.5. The van der Waals surface area contributed by atoms with E-state index in [0.717, 1.165) is 66.7 Å². The van der Waals surface area contributed by atoms with Gasteiger partial charge in [-0.2, -0.15) is 5.10 Å². The number of anilines is 1. The minimum atomic E-state index is 0.188. The Labute approximate surface area is 180 Å². The normalized spacial score (nSPS) is 19.2. The second kappa shape index (κ2) is 7.73. The first-order chi connectivity index (χ1) is 14.6. The molecule has 0 aliphatic carbocycles. The summed E-state index contributed by atoms with van der Waals surface area (Å²) < 4.78 is 7.30. The van der Waals surface area contributed by atoms with Crippen LogP contribution < -0.4 is 15.1 Å². The molecule has 10 heteroatoms. The van der Waals surface area contributed by atoms with E-state index < -0.39 is 0 Å². The number of nitrogens with one attached hydrogen (secondary N) is 1. The highest BCUT2D eigenvalue weighted by Crippen LogP contribution is 2.34. The molecule has 3 aromatic rings. The van der Waals surface area contributed by atoms with Crippen LogP contribution in [0.5, 0.6) is 0 Å². The van der Waals surface area contributed by atoms with Gasteiger partial charge >= 0.3 is 0 Å². The van der Waals surface area contributed by atoms with E-state index in [1.54, 1.807) is 12.4 Å². The molecule has 30 heavy (non-hydrogen) atoms. The molecule has 2 fully saturated rings. The van der Waals surface area contributed by atoms with Crippen LogP contribution in [-0.4, -0.2) is 83.3 Å². The first-order valence-corrected chi connectivity index (χ1v) is 10.5. The predicted octanol–water partition coefficient (Wildman–Crippen LogP) is 1.39. The number of piperazine rings is 1. The summed E-state index contributed by atoms with van der Waals surface area (Å²) in [5.74, 6) is 0. The van der Waals surface area contributed by atoms with Crippen LogP contribution in [0.1, 0.15) is 6.92 Å². The van der Waals surface area contributed by atoms with Gasteiger partial charge in [0.2, 0.25) is 0 Å². The molecule has 4 heterocycles. The summed E-state index contributed by atoms with van der Waals surface area (Å²) in [5, 5.41) is 13.4. The third kappa shape index (κ3) is 3.41. The number of aromatic nitrogens is 4. The smallest absolute Gasteiger partial charge is 0.168 e. The van der Waals surface area contributed by atoms with Crippen molar-refractivity contribution in [2.75, 3.05) is 58.1 Å². The first kappa shape index (κ1) is 19.6. The zero-order chi connectivity index (χ0) is 20.7. The van der Waals surface area contributed by atoms with Gasteiger partial charge in [0.25, 0.3) is 0 Å². The van der Waals surface area contributed by atoms with Crippen molar-refractivity contribution in [3.05, 3.63) is 35.7 Å². The molecule has 0 spiro atoms. The highest BCUT2D eigenvalue weighted by Gasteiger charge is 2.40. The van der Waals surface area contributed by atoms with Crippen molar-refractivity contribution in [2.45, 2.75) is 12.5 Å². The monoisotopic (exact) mass is 431 g/mol. The Balaban J connectivity index is 1.39. The summed E-state index contributed by atoms with van der Waals surface area (Å²) >= 11 is 6.66. The van der Waals surface area contributed by atoms with Crippen LogP contribution >= 0.6 is 11.6 Å². The molecular weight excluding hydrogens is 406 g/mol. The zero-order valence-corrected chi connectivity index (χ0v) is 18.0. The number of rotatable bonds is 6. The molecule has 0 atom stereocenters. The average Bonchev–Trinajstić information content (AvgIpc) is 3.36. The quantitative estimate of drug-likeness (QED) is 0.591. The van der Waals surface area contributed by atoms with Gasteiger partial charge in [-0.1, -0.05) is 11.6 Å². The number of hydrogen-bond donors (Lipinski definition) is 1. The molecular formula is C20H26ClN7O2. The summed E-state index contributed by atoms with van der Waals surface area (Å²) in [6, 6.07) is 4.12. The number of fused-ring (bicyclic) bond motifs is 1. The van der Waals surface area contributed by atoms with E-state index >= 15 is 0 Å². The molecule has 0 radical (unpaired) electrons. The lowest BCUT2D eigenvalue weighted by Gasteiger charge is -2.50. The van der Waals surface area contributed by atoms with Gasteiger partial charge in [-0.15, -0.1) is 9.94 Å². The third-order valence-corrected chi connectivity index (χ3v) is 6.28.